The molecule has 0 atom stereocenters. The van der Waals surface area contributed by atoms with E-state index in [1.165, 1.54) is 0 Å². The second-order valence-electron chi connectivity index (χ2n) is 6.81. The molecule has 0 N–H and O–H groups in total. The highest BCUT2D eigenvalue weighted by molar-refractivity contribution is 6.63. The third-order valence-corrected chi connectivity index (χ3v) is 4.93. The molecule has 1 heterocycles. The average molecular weight is 354 g/mol. The molecule has 0 aromatic heterocycles. The predicted molar refractivity (Wildman–Crippen MR) is 96.1 cm³/mol. The Morgan fingerprint density at radius 2 is 1.71 bits per heavy atom. The molecule has 5 nitrogen and oxygen atoms in total. The number of carbonyl (C=O) groups is 1. The van der Waals surface area contributed by atoms with E-state index in [0.717, 1.165) is 0 Å². The molecular formula is C17H25BClNO4. The maximum absolute atomic E-state index is 12.3. The van der Waals surface area contributed by atoms with E-state index in [0.29, 0.717) is 29.3 Å². The second kappa shape index (κ2) is 6.94. The lowest BCUT2D eigenvalue weighted by atomic mass is 9.78. The van der Waals surface area contributed by atoms with Gasteiger partial charge in [-0.1, -0.05) is 11.6 Å². The molecule has 0 bridgehead atoms. The molecule has 0 spiro atoms. The van der Waals surface area contributed by atoms with E-state index in [2.05, 4.69) is 0 Å². The molecule has 1 aromatic carbocycles. The van der Waals surface area contributed by atoms with Gasteiger partial charge in [-0.2, -0.15) is 0 Å². The van der Waals surface area contributed by atoms with Crippen molar-refractivity contribution in [1.29, 1.82) is 0 Å². The van der Waals surface area contributed by atoms with Crippen LogP contribution in [0.25, 0.3) is 0 Å². The van der Waals surface area contributed by atoms with Crippen molar-refractivity contribution in [2.75, 3.05) is 13.1 Å². The minimum atomic E-state index is -0.645. The summed E-state index contributed by atoms with van der Waals surface area (Å²) in [6, 6.07) is 5.07. The van der Waals surface area contributed by atoms with Gasteiger partial charge in [-0.25, -0.2) is 4.79 Å². The average Bonchev–Trinajstić information content (AvgIpc) is 2.70. The number of hydrogen-bond donors (Lipinski definition) is 0. The molecule has 0 aliphatic carbocycles. The third-order valence-electron chi connectivity index (χ3n) is 4.70. The van der Waals surface area contributed by atoms with Crippen molar-refractivity contribution in [2.24, 2.45) is 0 Å². The first-order chi connectivity index (χ1) is 11.1. The highest BCUT2D eigenvalue weighted by atomic mass is 35.5. The summed E-state index contributed by atoms with van der Waals surface area (Å²) < 4.78 is 17.7. The maximum atomic E-state index is 12.3. The van der Waals surface area contributed by atoms with Crippen LogP contribution in [-0.4, -0.2) is 42.4 Å². The van der Waals surface area contributed by atoms with E-state index in [9.17, 15) is 4.79 Å². The summed E-state index contributed by atoms with van der Waals surface area (Å²) in [4.78, 5) is 13.9. The van der Waals surface area contributed by atoms with Crippen LogP contribution in [0.1, 0.15) is 41.5 Å². The fourth-order valence-electron chi connectivity index (χ4n) is 2.41. The van der Waals surface area contributed by atoms with Gasteiger partial charge >= 0.3 is 13.2 Å². The highest BCUT2D eigenvalue weighted by Crippen LogP contribution is 2.37. The Morgan fingerprint density at radius 1 is 1.17 bits per heavy atom. The molecule has 1 amide bonds. The van der Waals surface area contributed by atoms with Gasteiger partial charge in [-0.05, 0) is 59.7 Å². The van der Waals surface area contributed by atoms with Crippen LogP contribution >= 0.6 is 11.6 Å². The van der Waals surface area contributed by atoms with Gasteiger partial charge in [-0.3, -0.25) is 0 Å². The zero-order valence-electron chi connectivity index (χ0n) is 15.2. The topological polar surface area (TPSA) is 48.0 Å². The first-order valence-corrected chi connectivity index (χ1v) is 8.61. The Balaban J connectivity index is 2.31. The fourth-order valence-corrected chi connectivity index (χ4v) is 2.59. The summed E-state index contributed by atoms with van der Waals surface area (Å²) in [5, 5.41) is 0.530. The van der Waals surface area contributed by atoms with Gasteiger partial charge in [0.25, 0.3) is 0 Å². The lowest BCUT2D eigenvalue weighted by molar-refractivity contribution is 0.00578. The zero-order chi connectivity index (χ0) is 18.1. The van der Waals surface area contributed by atoms with Crippen LogP contribution in [0.5, 0.6) is 5.75 Å². The quantitative estimate of drug-likeness (QED) is 0.778. The van der Waals surface area contributed by atoms with E-state index in [4.69, 9.17) is 25.6 Å². The normalized spacial score (nSPS) is 18.5. The van der Waals surface area contributed by atoms with Gasteiger partial charge in [0, 0.05) is 23.6 Å². The number of amides is 1. The molecule has 24 heavy (non-hydrogen) atoms. The van der Waals surface area contributed by atoms with Crippen LogP contribution in [0, 0.1) is 0 Å². The largest absolute Gasteiger partial charge is 0.498 e. The number of halogens is 1. The molecular weight excluding hydrogens is 328 g/mol. The Bertz CT molecular complexity index is 601. The van der Waals surface area contributed by atoms with Gasteiger partial charge in [0.1, 0.15) is 5.75 Å². The number of rotatable bonds is 4. The molecule has 0 unspecified atom stereocenters. The minimum Gasteiger partial charge on any atom is -0.411 e. The number of nitrogens with zero attached hydrogens (tertiary/aromatic N) is 1. The Labute approximate surface area is 149 Å². The van der Waals surface area contributed by atoms with Crippen molar-refractivity contribution in [1.82, 2.24) is 4.90 Å². The number of carbonyl (C=O) groups excluding carboxylic acids is 1. The summed E-state index contributed by atoms with van der Waals surface area (Å²) in [6.07, 6.45) is -0.403. The number of hydrogen-bond acceptors (Lipinski definition) is 4. The molecule has 1 aliphatic rings. The van der Waals surface area contributed by atoms with Crippen molar-refractivity contribution < 1.29 is 18.8 Å². The SMILES string of the molecule is CCN(CC)C(=O)Oc1ccc(Cl)cc1B1OC(C)(C)C(C)(C)O1. The molecule has 7 heteroatoms. The summed E-state index contributed by atoms with van der Waals surface area (Å²) in [5.74, 6) is 0.398. The Hall–Kier alpha value is -1.24. The van der Waals surface area contributed by atoms with E-state index in [1.807, 2.05) is 41.5 Å². The summed E-state index contributed by atoms with van der Waals surface area (Å²) in [6.45, 7) is 12.9. The van der Waals surface area contributed by atoms with Crippen molar-refractivity contribution in [2.45, 2.75) is 52.7 Å². The Morgan fingerprint density at radius 3 is 2.21 bits per heavy atom. The summed E-state index contributed by atoms with van der Waals surface area (Å²) >= 11 is 6.13. The van der Waals surface area contributed by atoms with Gasteiger partial charge in [0.2, 0.25) is 0 Å². The lowest BCUT2D eigenvalue weighted by Gasteiger charge is -2.32. The predicted octanol–water partition coefficient (Wildman–Crippen LogP) is 3.48. The second-order valence-corrected chi connectivity index (χ2v) is 7.25. The maximum Gasteiger partial charge on any atom is 0.498 e. The van der Waals surface area contributed by atoms with Crippen LogP contribution in [0.4, 0.5) is 4.79 Å². The molecule has 1 saturated heterocycles. The van der Waals surface area contributed by atoms with Gasteiger partial charge in [0.15, 0.2) is 0 Å². The smallest absolute Gasteiger partial charge is 0.411 e. The van der Waals surface area contributed by atoms with Crippen LogP contribution in [0.2, 0.25) is 5.02 Å². The molecule has 1 fully saturated rings. The molecule has 1 aromatic rings. The third kappa shape index (κ3) is 3.71. The first-order valence-electron chi connectivity index (χ1n) is 8.23. The van der Waals surface area contributed by atoms with Gasteiger partial charge < -0.3 is 18.9 Å². The van der Waals surface area contributed by atoms with Crippen LogP contribution in [-0.2, 0) is 9.31 Å². The van der Waals surface area contributed by atoms with Crippen LogP contribution in [0.3, 0.4) is 0 Å². The van der Waals surface area contributed by atoms with Crippen molar-refractivity contribution in [3.63, 3.8) is 0 Å². The fraction of sp³-hybridized carbons (Fsp3) is 0.588. The zero-order valence-corrected chi connectivity index (χ0v) is 15.9. The number of benzene rings is 1. The van der Waals surface area contributed by atoms with Crippen LogP contribution in [0.15, 0.2) is 18.2 Å². The highest BCUT2D eigenvalue weighted by Gasteiger charge is 2.52. The monoisotopic (exact) mass is 353 g/mol. The molecule has 132 valence electrons. The van der Waals surface area contributed by atoms with E-state index in [1.54, 1.807) is 23.1 Å². The van der Waals surface area contributed by atoms with E-state index in [-0.39, 0.29) is 0 Å². The Kier molecular flexibility index (Phi) is 5.52. The van der Waals surface area contributed by atoms with Gasteiger partial charge in [0.05, 0.1) is 11.2 Å². The first kappa shape index (κ1) is 19.1. The van der Waals surface area contributed by atoms with Crippen molar-refractivity contribution >= 4 is 30.3 Å². The van der Waals surface area contributed by atoms with Gasteiger partial charge in [-0.15, -0.1) is 0 Å². The summed E-state index contributed by atoms with van der Waals surface area (Å²) in [5.41, 5.74) is -0.359. The minimum absolute atomic E-state index is 0.398. The van der Waals surface area contributed by atoms with E-state index >= 15 is 0 Å². The van der Waals surface area contributed by atoms with E-state index < -0.39 is 24.4 Å². The molecule has 0 radical (unpaired) electrons. The standard InChI is InChI=1S/C17H25BClNO4/c1-7-20(8-2)15(21)22-14-10-9-12(19)11-13(14)18-23-16(3,4)17(5,6)24-18/h9-11H,7-8H2,1-6H3. The number of ether oxygens (including phenoxy) is 1. The van der Waals surface area contributed by atoms with Crippen molar-refractivity contribution in [3.05, 3.63) is 23.2 Å². The molecule has 0 saturated carbocycles. The molecule has 2 rings (SSSR count). The summed E-state index contributed by atoms with van der Waals surface area (Å²) in [7, 11) is -0.645. The van der Waals surface area contributed by atoms with Crippen molar-refractivity contribution in [3.8, 4) is 5.75 Å². The van der Waals surface area contributed by atoms with Crippen LogP contribution < -0.4 is 10.2 Å². The lowest BCUT2D eigenvalue weighted by Crippen LogP contribution is -2.41. The molecule has 1 aliphatic heterocycles.